The number of hydrogen-bond donors (Lipinski definition) is 0. The van der Waals surface area contributed by atoms with Crippen LogP contribution in [0.1, 0.15) is 38.0 Å². The van der Waals surface area contributed by atoms with Gasteiger partial charge < -0.3 is 9.09 Å². The van der Waals surface area contributed by atoms with E-state index in [-0.39, 0.29) is 5.41 Å². The van der Waals surface area contributed by atoms with Crippen LogP contribution in [-0.4, -0.2) is 14.7 Å². The van der Waals surface area contributed by atoms with Crippen molar-refractivity contribution in [3.8, 4) is 0 Å². The highest BCUT2D eigenvalue weighted by Crippen LogP contribution is 2.21. The Morgan fingerprint density at radius 2 is 2.12 bits per heavy atom. The molecule has 0 N–H and O–H groups in total. The summed E-state index contributed by atoms with van der Waals surface area (Å²) in [4.78, 5) is 4.39. The third-order valence-electron chi connectivity index (χ3n) is 2.39. The van der Waals surface area contributed by atoms with Crippen molar-refractivity contribution >= 4 is 0 Å². The highest BCUT2D eigenvalue weighted by atomic mass is 16.5. The second kappa shape index (κ2) is 3.77. The quantitative estimate of drug-likeness (QED) is 0.779. The minimum atomic E-state index is 0.0402. The first-order valence-corrected chi connectivity index (χ1v) is 5.40. The van der Waals surface area contributed by atoms with Gasteiger partial charge in [-0.05, 0) is 6.92 Å². The predicted molar refractivity (Wildman–Crippen MR) is 61.3 cm³/mol. The third kappa shape index (κ3) is 2.15. The molecule has 0 aliphatic heterocycles. The Balaban J connectivity index is 2.25. The average Bonchev–Trinajstić information content (AvgIpc) is 2.74. The van der Waals surface area contributed by atoms with Crippen molar-refractivity contribution in [2.75, 3.05) is 0 Å². The lowest BCUT2D eigenvalue weighted by molar-refractivity contribution is 0.367. The van der Waals surface area contributed by atoms with Gasteiger partial charge in [-0.2, -0.15) is 0 Å². The van der Waals surface area contributed by atoms with Crippen LogP contribution in [0.4, 0.5) is 0 Å². The van der Waals surface area contributed by atoms with Gasteiger partial charge in [0.05, 0.1) is 12.2 Å². The van der Waals surface area contributed by atoms with Crippen LogP contribution < -0.4 is 0 Å². The standard InChI is InChI=1S/C12H17N3O/c1-9-7-10(16-14-9)8-15-6-5-13-11(15)12(2,3)4/h5-7H,8H2,1-4H3. The van der Waals surface area contributed by atoms with Crippen LogP contribution in [-0.2, 0) is 12.0 Å². The molecule has 0 spiro atoms. The normalized spacial score (nSPS) is 12.0. The van der Waals surface area contributed by atoms with Crippen LogP contribution in [0.5, 0.6) is 0 Å². The molecule has 86 valence electrons. The summed E-state index contributed by atoms with van der Waals surface area (Å²) in [5, 5.41) is 3.88. The Bertz CT molecular complexity index is 476. The van der Waals surface area contributed by atoms with E-state index < -0.39 is 0 Å². The van der Waals surface area contributed by atoms with E-state index >= 15 is 0 Å². The van der Waals surface area contributed by atoms with Crippen molar-refractivity contribution < 1.29 is 4.52 Å². The molecule has 0 aromatic carbocycles. The van der Waals surface area contributed by atoms with Crippen molar-refractivity contribution in [2.24, 2.45) is 0 Å². The fourth-order valence-electron chi connectivity index (χ4n) is 1.74. The number of aryl methyl sites for hydroxylation is 1. The first-order valence-electron chi connectivity index (χ1n) is 5.40. The van der Waals surface area contributed by atoms with Crippen LogP contribution in [0.2, 0.25) is 0 Å². The molecule has 0 aliphatic carbocycles. The monoisotopic (exact) mass is 219 g/mol. The number of aromatic nitrogens is 3. The second-order valence-corrected chi connectivity index (χ2v) is 5.06. The SMILES string of the molecule is Cc1cc(Cn2ccnc2C(C)(C)C)on1. The van der Waals surface area contributed by atoms with Gasteiger partial charge in [-0.15, -0.1) is 0 Å². The highest BCUT2D eigenvalue weighted by Gasteiger charge is 2.20. The molecule has 2 rings (SSSR count). The van der Waals surface area contributed by atoms with Crippen LogP contribution >= 0.6 is 0 Å². The summed E-state index contributed by atoms with van der Waals surface area (Å²) in [7, 11) is 0. The smallest absolute Gasteiger partial charge is 0.156 e. The summed E-state index contributed by atoms with van der Waals surface area (Å²) in [6, 6.07) is 1.95. The zero-order valence-corrected chi connectivity index (χ0v) is 10.2. The van der Waals surface area contributed by atoms with Gasteiger partial charge in [0.1, 0.15) is 5.82 Å². The molecule has 0 unspecified atom stereocenters. The van der Waals surface area contributed by atoms with E-state index in [1.165, 1.54) is 0 Å². The van der Waals surface area contributed by atoms with Crippen LogP contribution in [0, 0.1) is 6.92 Å². The molecular formula is C12H17N3O. The summed E-state index contributed by atoms with van der Waals surface area (Å²) in [6.45, 7) is 9.06. The van der Waals surface area contributed by atoms with E-state index in [1.54, 1.807) is 0 Å². The van der Waals surface area contributed by atoms with Crippen LogP contribution in [0.25, 0.3) is 0 Å². The van der Waals surface area contributed by atoms with E-state index in [0.29, 0.717) is 6.54 Å². The molecule has 0 bridgehead atoms. The van der Waals surface area contributed by atoms with Gasteiger partial charge in [0.25, 0.3) is 0 Å². The summed E-state index contributed by atoms with van der Waals surface area (Å²) >= 11 is 0. The minimum absolute atomic E-state index is 0.0402. The molecule has 2 aromatic rings. The Morgan fingerprint density at radius 3 is 2.69 bits per heavy atom. The largest absolute Gasteiger partial charge is 0.359 e. The van der Waals surface area contributed by atoms with Crippen molar-refractivity contribution in [3.05, 3.63) is 35.7 Å². The van der Waals surface area contributed by atoms with Gasteiger partial charge >= 0.3 is 0 Å². The van der Waals surface area contributed by atoms with Gasteiger partial charge in [-0.1, -0.05) is 25.9 Å². The Kier molecular flexibility index (Phi) is 2.58. The fraction of sp³-hybridized carbons (Fsp3) is 0.500. The maximum absolute atomic E-state index is 5.21. The van der Waals surface area contributed by atoms with Gasteiger partial charge in [-0.25, -0.2) is 4.98 Å². The zero-order valence-electron chi connectivity index (χ0n) is 10.2. The fourth-order valence-corrected chi connectivity index (χ4v) is 1.74. The Morgan fingerprint density at radius 1 is 1.38 bits per heavy atom. The molecule has 0 aliphatic rings. The first kappa shape index (κ1) is 10.9. The number of hydrogen-bond acceptors (Lipinski definition) is 3. The minimum Gasteiger partial charge on any atom is -0.359 e. The Labute approximate surface area is 95.3 Å². The van der Waals surface area contributed by atoms with Gasteiger partial charge in [0.2, 0.25) is 0 Å². The molecular weight excluding hydrogens is 202 g/mol. The zero-order chi connectivity index (χ0) is 11.8. The molecule has 2 aromatic heterocycles. The molecule has 2 heterocycles. The molecule has 0 atom stereocenters. The first-order chi connectivity index (χ1) is 7.47. The Hall–Kier alpha value is -1.58. The highest BCUT2D eigenvalue weighted by molar-refractivity contribution is 5.09. The molecule has 0 saturated heterocycles. The second-order valence-electron chi connectivity index (χ2n) is 5.06. The van der Waals surface area contributed by atoms with E-state index in [0.717, 1.165) is 17.3 Å². The van der Waals surface area contributed by atoms with E-state index in [2.05, 4.69) is 35.5 Å². The van der Waals surface area contributed by atoms with Crippen LogP contribution in [0.3, 0.4) is 0 Å². The predicted octanol–water partition coefficient (Wildman–Crippen LogP) is 2.53. The van der Waals surface area contributed by atoms with Crippen LogP contribution in [0.15, 0.2) is 23.0 Å². The summed E-state index contributed by atoms with van der Waals surface area (Å²) in [5.41, 5.74) is 0.950. The number of nitrogens with zero attached hydrogens (tertiary/aromatic N) is 3. The van der Waals surface area contributed by atoms with Gasteiger partial charge in [0.15, 0.2) is 5.76 Å². The average molecular weight is 219 g/mol. The number of rotatable bonds is 2. The molecule has 4 nitrogen and oxygen atoms in total. The van der Waals surface area contributed by atoms with Crippen molar-refractivity contribution in [2.45, 2.75) is 39.7 Å². The maximum atomic E-state index is 5.21. The molecule has 0 amide bonds. The third-order valence-corrected chi connectivity index (χ3v) is 2.39. The summed E-state index contributed by atoms with van der Waals surface area (Å²) in [5.74, 6) is 1.92. The van der Waals surface area contributed by atoms with Crippen molar-refractivity contribution in [1.82, 2.24) is 14.7 Å². The van der Waals surface area contributed by atoms with E-state index in [9.17, 15) is 0 Å². The maximum Gasteiger partial charge on any atom is 0.156 e. The lowest BCUT2D eigenvalue weighted by Crippen LogP contribution is -2.19. The lowest BCUT2D eigenvalue weighted by atomic mass is 9.96. The molecule has 0 radical (unpaired) electrons. The molecule has 0 saturated carbocycles. The van der Waals surface area contributed by atoms with Gasteiger partial charge in [0, 0.05) is 23.9 Å². The van der Waals surface area contributed by atoms with Crippen molar-refractivity contribution in [1.29, 1.82) is 0 Å². The topological polar surface area (TPSA) is 43.9 Å². The van der Waals surface area contributed by atoms with Gasteiger partial charge in [-0.3, -0.25) is 0 Å². The lowest BCUT2D eigenvalue weighted by Gasteiger charge is -2.18. The molecule has 16 heavy (non-hydrogen) atoms. The molecule has 4 heteroatoms. The van der Waals surface area contributed by atoms with Crippen molar-refractivity contribution in [3.63, 3.8) is 0 Å². The number of imidazole rings is 1. The molecule has 0 fully saturated rings. The summed E-state index contributed by atoms with van der Waals surface area (Å²) in [6.07, 6.45) is 3.79. The summed E-state index contributed by atoms with van der Waals surface area (Å²) < 4.78 is 7.30. The van der Waals surface area contributed by atoms with E-state index in [1.807, 2.05) is 25.4 Å². The van der Waals surface area contributed by atoms with E-state index in [4.69, 9.17) is 4.52 Å².